The van der Waals surface area contributed by atoms with Crippen LogP contribution in [0.1, 0.15) is 29.2 Å². The van der Waals surface area contributed by atoms with Gasteiger partial charge in [-0.3, -0.25) is 0 Å². The van der Waals surface area contributed by atoms with Crippen molar-refractivity contribution in [2.24, 2.45) is 5.10 Å². The van der Waals surface area contributed by atoms with Crippen LogP contribution in [0, 0.1) is 0 Å². The van der Waals surface area contributed by atoms with Crippen LogP contribution in [-0.4, -0.2) is 12.4 Å². The molecule has 0 aliphatic carbocycles. The van der Waals surface area contributed by atoms with E-state index in [1.807, 2.05) is 0 Å². The van der Waals surface area contributed by atoms with Crippen LogP contribution in [0.4, 0.5) is 30.7 Å². The van der Waals surface area contributed by atoms with E-state index in [2.05, 4.69) is 10.5 Å². The van der Waals surface area contributed by atoms with E-state index in [0.717, 1.165) is 0 Å². The second-order valence-electron chi connectivity index (χ2n) is 4.54. The highest BCUT2D eigenvalue weighted by Gasteiger charge is 2.38. The van der Waals surface area contributed by atoms with E-state index in [0.29, 0.717) is 12.1 Å². The summed E-state index contributed by atoms with van der Waals surface area (Å²) in [4.78, 5) is 0. The summed E-state index contributed by atoms with van der Waals surface area (Å²) in [6.07, 6.45) is -9.88. The molecule has 0 bridgehead atoms. The van der Waals surface area contributed by atoms with Gasteiger partial charge in [0.15, 0.2) is 0 Å². The highest BCUT2D eigenvalue weighted by molar-refractivity contribution is 5.87. The van der Waals surface area contributed by atoms with Gasteiger partial charge < -0.3 is 5.43 Å². The van der Waals surface area contributed by atoms with Crippen molar-refractivity contribution < 1.29 is 30.7 Å². The third-order valence-corrected chi connectivity index (χ3v) is 2.98. The van der Waals surface area contributed by atoms with Crippen LogP contribution in [-0.2, 0) is 12.4 Å². The first-order valence-corrected chi connectivity index (χ1v) is 5.77. The number of halogens is 7. The fourth-order valence-corrected chi connectivity index (χ4v) is 1.95. The summed E-state index contributed by atoms with van der Waals surface area (Å²) in [5, 5.41) is 3.52. The first-order valence-electron chi connectivity index (χ1n) is 5.77. The maximum Gasteiger partial charge on any atom is 0.416 e. The van der Waals surface area contributed by atoms with E-state index in [1.54, 1.807) is 0 Å². The van der Waals surface area contributed by atoms with Crippen molar-refractivity contribution in [2.75, 3.05) is 6.67 Å². The number of nitrogens with zero attached hydrogens (tertiary/aromatic N) is 1. The van der Waals surface area contributed by atoms with E-state index in [1.165, 1.54) is 0 Å². The SMILES string of the molecule is FCC1=NNC(c2cc(C(F)(F)F)cc(C(F)(F)F)c2)C1. The fraction of sp³-hybridized carbons (Fsp3) is 0.417. The van der Waals surface area contributed by atoms with Gasteiger partial charge in [-0.2, -0.15) is 31.4 Å². The largest absolute Gasteiger partial charge is 0.416 e. The predicted octanol–water partition coefficient (Wildman–Crippen LogP) is 4.08. The van der Waals surface area contributed by atoms with Gasteiger partial charge in [0, 0.05) is 6.42 Å². The molecule has 0 saturated carbocycles. The van der Waals surface area contributed by atoms with E-state index < -0.39 is 36.2 Å². The van der Waals surface area contributed by atoms with Gasteiger partial charge in [0.25, 0.3) is 0 Å². The Morgan fingerprint density at radius 1 is 1.00 bits per heavy atom. The van der Waals surface area contributed by atoms with Crippen molar-refractivity contribution in [3.8, 4) is 0 Å². The Kier molecular flexibility index (Phi) is 3.85. The van der Waals surface area contributed by atoms with E-state index >= 15 is 0 Å². The molecule has 2 rings (SSSR count). The van der Waals surface area contributed by atoms with Crippen molar-refractivity contribution in [3.05, 3.63) is 34.9 Å². The van der Waals surface area contributed by atoms with Crippen LogP contribution in [0.5, 0.6) is 0 Å². The first kappa shape index (κ1) is 15.6. The van der Waals surface area contributed by atoms with Gasteiger partial charge in [-0.25, -0.2) is 4.39 Å². The molecule has 0 spiro atoms. The molecule has 0 amide bonds. The van der Waals surface area contributed by atoms with Crippen LogP contribution in [0.2, 0.25) is 0 Å². The fourth-order valence-electron chi connectivity index (χ4n) is 1.95. The Balaban J connectivity index is 2.42. The molecular weight excluding hydrogens is 305 g/mol. The van der Waals surface area contributed by atoms with Gasteiger partial charge in [0.05, 0.1) is 22.9 Å². The average molecular weight is 314 g/mol. The molecule has 1 N–H and O–H groups in total. The predicted molar refractivity (Wildman–Crippen MR) is 60.3 cm³/mol. The van der Waals surface area contributed by atoms with Crippen molar-refractivity contribution >= 4 is 5.71 Å². The molecule has 1 aliphatic rings. The summed E-state index contributed by atoms with van der Waals surface area (Å²) >= 11 is 0. The standard InChI is InChI=1S/C12H9F7N2/c13-5-9-4-10(21-20-9)6-1-7(11(14,15)16)3-8(2-6)12(17,18)19/h1-3,10,21H,4-5H2. The van der Waals surface area contributed by atoms with Gasteiger partial charge in [0.2, 0.25) is 0 Å². The van der Waals surface area contributed by atoms with Gasteiger partial charge in [0.1, 0.15) is 6.67 Å². The lowest BCUT2D eigenvalue weighted by Gasteiger charge is -2.17. The van der Waals surface area contributed by atoms with Crippen LogP contribution in [0.25, 0.3) is 0 Å². The molecule has 116 valence electrons. The van der Waals surface area contributed by atoms with Crippen LogP contribution in [0.15, 0.2) is 23.3 Å². The second kappa shape index (κ2) is 5.19. The number of rotatable bonds is 2. The second-order valence-corrected chi connectivity index (χ2v) is 4.54. The minimum absolute atomic E-state index is 0.0472. The molecule has 1 atom stereocenters. The maximum atomic E-state index is 12.7. The van der Waals surface area contributed by atoms with Crippen molar-refractivity contribution in [2.45, 2.75) is 24.8 Å². The summed E-state index contributed by atoms with van der Waals surface area (Å²) in [6.45, 7) is -0.908. The molecule has 1 heterocycles. The highest BCUT2D eigenvalue weighted by Crippen LogP contribution is 2.38. The van der Waals surface area contributed by atoms with Crippen LogP contribution in [0.3, 0.4) is 0 Å². The molecule has 21 heavy (non-hydrogen) atoms. The molecule has 1 aliphatic heterocycles. The summed E-state index contributed by atoms with van der Waals surface area (Å²) in [6, 6.07) is 0.377. The number of alkyl halides is 7. The molecule has 1 aromatic rings. The molecule has 0 aromatic heterocycles. The van der Waals surface area contributed by atoms with Crippen LogP contribution < -0.4 is 5.43 Å². The van der Waals surface area contributed by atoms with Gasteiger partial charge in [-0.1, -0.05) is 0 Å². The van der Waals surface area contributed by atoms with E-state index in [9.17, 15) is 30.7 Å². The summed E-state index contributed by atoms with van der Waals surface area (Å²) in [5.41, 5.74) is -0.641. The maximum absolute atomic E-state index is 12.7. The lowest BCUT2D eigenvalue weighted by Crippen LogP contribution is -2.16. The van der Waals surface area contributed by atoms with E-state index in [-0.39, 0.29) is 23.8 Å². The lowest BCUT2D eigenvalue weighted by molar-refractivity contribution is -0.143. The summed E-state index contributed by atoms with van der Waals surface area (Å²) in [5.74, 6) is 0. The Hall–Kier alpha value is -1.80. The number of hydrogen-bond donors (Lipinski definition) is 1. The monoisotopic (exact) mass is 314 g/mol. The minimum Gasteiger partial charge on any atom is -0.302 e. The van der Waals surface area contributed by atoms with E-state index in [4.69, 9.17) is 0 Å². The van der Waals surface area contributed by atoms with Gasteiger partial charge >= 0.3 is 12.4 Å². The Bertz CT molecular complexity index is 527. The summed E-state index contributed by atoms with van der Waals surface area (Å²) in [7, 11) is 0. The minimum atomic E-state index is -4.90. The first-order chi connectivity index (χ1) is 9.61. The highest BCUT2D eigenvalue weighted by atomic mass is 19.4. The average Bonchev–Trinajstić information content (AvgIpc) is 2.85. The lowest BCUT2D eigenvalue weighted by atomic mass is 9.97. The zero-order chi connectivity index (χ0) is 15.8. The molecule has 9 heteroatoms. The Morgan fingerprint density at radius 2 is 1.52 bits per heavy atom. The smallest absolute Gasteiger partial charge is 0.302 e. The van der Waals surface area contributed by atoms with Crippen LogP contribution >= 0.6 is 0 Å². The van der Waals surface area contributed by atoms with Crippen molar-refractivity contribution in [1.29, 1.82) is 0 Å². The third-order valence-electron chi connectivity index (χ3n) is 2.98. The van der Waals surface area contributed by atoms with Crippen molar-refractivity contribution in [1.82, 2.24) is 5.43 Å². The normalized spacial score (nSPS) is 19.4. The van der Waals surface area contributed by atoms with Crippen molar-refractivity contribution in [3.63, 3.8) is 0 Å². The number of benzene rings is 1. The molecule has 0 saturated heterocycles. The Labute approximate surface area is 114 Å². The third kappa shape index (κ3) is 3.45. The molecule has 2 nitrogen and oxygen atoms in total. The molecule has 1 unspecified atom stereocenters. The number of hydrazone groups is 1. The van der Waals surface area contributed by atoms with Gasteiger partial charge in [-0.05, 0) is 23.8 Å². The van der Waals surface area contributed by atoms with Gasteiger partial charge in [-0.15, -0.1) is 0 Å². The molecule has 1 aromatic carbocycles. The topological polar surface area (TPSA) is 24.4 Å². The molecule has 0 radical (unpaired) electrons. The zero-order valence-electron chi connectivity index (χ0n) is 10.3. The molecule has 0 fully saturated rings. The zero-order valence-corrected chi connectivity index (χ0v) is 10.3. The summed E-state index contributed by atoms with van der Waals surface area (Å²) < 4.78 is 88.5. The molecular formula is C12H9F7N2. The quantitative estimate of drug-likeness (QED) is 0.817. The Morgan fingerprint density at radius 3 is 1.90 bits per heavy atom. The number of nitrogens with one attached hydrogen (secondary N) is 1. The number of hydrogen-bond acceptors (Lipinski definition) is 2.